The number of hydrogen-bond donors (Lipinski definition) is 2. The highest BCUT2D eigenvalue weighted by Crippen LogP contribution is 2.32. The summed E-state index contributed by atoms with van der Waals surface area (Å²) in [5, 5.41) is 2.69. The van der Waals surface area contributed by atoms with Gasteiger partial charge < -0.3 is 30.0 Å². The van der Waals surface area contributed by atoms with Crippen molar-refractivity contribution in [3.63, 3.8) is 0 Å². The summed E-state index contributed by atoms with van der Waals surface area (Å²) in [5.74, 6) is 0.799. The predicted molar refractivity (Wildman–Crippen MR) is 93.1 cm³/mol. The standard InChI is InChI=1S/C18H18N2O6/c1-23-12-3-4-13(18(19)22)15(9-12)26-10-17(21)20-11-2-5-14-16(8-11)25-7-6-24-14/h2-5,8-9H,6-7,10H2,1H3,(H2,19,22)(H,20,21). The van der Waals surface area contributed by atoms with E-state index in [1.165, 1.54) is 19.2 Å². The van der Waals surface area contributed by atoms with Crippen molar-refractivity contribution < 1.29 is 28.5 Å². The van der Waals surface area contributed by atoms with E-state index in [4.69, 9.17) is 24.7 Å². The predicted octanol–water partition coefficient (Wildman–Crippen LogP) is 1.58. The Bertz CT molecular complexity index is 836. The Morgan fingerprint density at radius 3 is 2.62 bits per heavy atom. The Morgan fingerprint density at radius 2 is 1.88 bits per heavy atom. The van der Waals surface area contributed by atoms with E-state index in [0.29, 0.717) is 36.1 Å². The average molecular weight is 358 g/mol. The summed E-state index contributed by atoms with van der Waals surface area (Å²) in [6, 6.07) is 9.66. The van der Waals surface area contributed by atoms with Gasteiger partial charge in [-0.3, -0.25) is 9.59 Å². The largest absolute Gasteiger partial charge is 0.497 e. The lowest BCUT2D eigenvalue weighted by Crippen LogP contribution is -2.22. The average Bonchev–Trinajstić information content (AvgIpc) is 2.65. The Morgan fingerprint density at radius 1 is 1.12 bits per heavy atom. The van der Waals surface area contributed by atoms with Crippen LogP contribution in [0.1, 0.15) is 10.4 Å². The number of hydrogen-bond acceptors (Lipinski definition) is 6. The van der Waals surface area contributed by atoms with E-state index in [2.05, 4.69) is 5.32 Å². The number of nitrogens with two attached hydrogens (primary N) is 1. The van der Waals surface area contributed by atoms with Gasteiger partial charge in [0, 0.05) is 17.8 Å². The molecule has 0 spiro atoms. The maximum atomic E-state index is 12.1. The van der Waals surface area contributed by atoms with Crippen molar-refractivity contribution in [2.75, 3.05) is 32.2 Å². The molecule has 0 aliphatic carbocycles. The number of carbonyl (C=O) groups is 2. The lowest BCUT2D eigenvalue weighted by Gasteiger charge is -2.19. The van der Waals surface area contributed by atoms with Gasteiger partial charge >= 0.3 is 0 Å². The smallest absolute Gasteiger partial charge is 0.262 e. The van der Waals surface area contributed by atoms with Crippen LogP contribution in [-0.4, -0.2) is 38.7 Å². The number of amides is 2. The lowest BCUT2D eigenvalue weighted by atomic mass is 10.2. The number of rotatable bonds is 6. The van der Waals surface area contributed by atoms with E-state index in [0.717, 1.165) is 0 Å². The van der Waals surface area contributed by atoms with Gasteiger partial charge in [-0.05, 0) is 24.3 Å². The summed E-state index contributed by atoms with van der Waals surface area (Å²) in [7, 11) is 1.48. The summed E-state index contributed by atoms with van der Waals surface area (Å²) in [5.41, 5.74) is 6.02. The molecule has 0 aromatic heterocycles. The highest BCUT2D eigenvalue weighted by atomic mass is 16.6. The van der Waals surface area contributed by atoms with Gasteiger partial charge in [-0.1, -0.05) is 0 Å². The molecule has 26 heavy (non-hydrogen) atoms. The molecule has 0 bridgehead atoms. The topological polar surface area (TPSA) is 109 Å². The fraction of sp³-hybridized carbons (Fsp3) is 0.222. The summed E-state index contributed by atoms with van der Waals surface area (Å²) < 4.78 is 21.4. The second kappa shape index (κ2) is 7.64. The van der Waals surface area contributed by atoms with Crippen LogP contribution < -0.4 is 30.0 Å². The van der Waals surface area contributed by atoms with Crippen LogP contribution in [0.15, 0.2) is 36.4 Å². The van der Waals surface area contributed by atoms with Gasteiger partial charge in [0.1, 0.15) is 24.7 Å². The van der Waals surface area contributed by atoms with Crippen molar-refractivity contribution in [3.8, 4) is 23.0 Å². The van der Waals surface area contributed by atoms with Crippen molar-refractivity contribution in [2.45, 2.75) is 0 Å². The molecule has 1 aliphatic heterocycles. The van der Waals surface area contributed by atoms with E-state index in [-0.39, 0.29) is 17.9 Å². The second-order valence-corrected chi connectivity index (χ2v) is 5.42. The number of nitrogens with one attached hydrogen (secondary N) is 1. The zero-order valence-corrected chi connectivity index (χ0v) is 14.1. The molecule has 0 saturated heterocycles. The van der Waals surface area contributed by atoms with Crippen LogP contribution in [0.25, 0.3) is 0 Å². The zero-order chi connectivity index (χ0) is 18.5. The van der Waals surface area contributed by atoms with E-state index < -0.39 is 11.8 Å². The highest BCUT2D eigenvalue weighted by molar-refractivity contribution is 5.96. The third kappa shape index (κ3) is 3.97. The van der Waals surface area contributed by atoms with Crippen LogP contribution in [-0.2, 0) is 4.79 Å². The van der Waals surface area contributed by atoms with Gasteiger partial charge in [0.25, 0.3) is 11.8 Å². The monoisotopic (exact) mass is 358 g/mol. The molecule has 2 aromatic carbocycles. The maximum Gasteiger partial charge on any atom is 0.262 e. The number of anilines is 1. The van der Waals surface area contributed by atoms with Crippen LogP contribution in [0.4, 0.5) is 5.69 Å². The molecular formula is C18H18N2O6. The molecule has 8 heteroatoms. The molecule has 0 saturated carbocycles. The molecule has 3 N–H and O–H groups in total. The van der Waals surface area contributed by atoms with Gasteiger partial charge in [0.15, 0.2) is 18.1 Å². The SMILES string of the molecule is COc1ccc(C(N)=O)c(OCC(=O)Nc2ccc3c(c2)OCCO3)c1. The molecule has 136 valence electrons. The summed E-state index contributed by atoms with van der Waals surface area (Å²) >= 11 is 0. The lowest BCUT2D eigenvalue weighted by molar-refractivity contribution is -0.118. The van der Waals surface area contributed by atoms with Crippen molar-refractivity contribution >= 4 is 17.5 Å². The molecule has 0 radical (unpaired) electrons. The summed E-state index contributed by atoms with van der Waals surface area (Å²) in [6.07, 6.45) is 0. The van der Waals surface area contributed by atoms with Crippen molar-refractivity contribution in [1.82, 2.24) is 0 Å². The first-order valence-corrected chi connectivity index (χ1v) is 7.87. The molecule has 0 fully saturated rings. The Balaban J connectivity index is 1.65. The molecule has 1 heterocycles. The number of ether oxygens (including phenoxy) is 4. The quantitative estimate of drug-likeness (QED) is 0.811. The van der Waals surface area contributed by atoms with Gasteiger partial charge in [0.2, 0.25) is 0 Å². The maximum absolute atomic E-state index is 12.1. The molecule has 0 unspecified atom stereocenters. The molecule has 2 amide bonds. The van der Waals surface area contributed by atoms with Crippen LogP contribution in [0.2, 0.25) is 0 Å². The minimum absolute atomic E-state index is 0.165. The first-order valence-electron chi connectivity index (χ1n) is 7.87. The summed E-state index contributed by atoms with van der Waals surface area (Å²) in [6.45, 7) is 0.649. The number of benzene rings is 2. The third-order valence-electron chi connectivity index (χ3n) is 3.64. The molecule has 3 rings (SSSR count). The van der Waals surface area contributed by atoms with Gasteiger partial charge in [0.05, 0.1) is 12.7 Å². The number of carbonyl (C=O) groups excluding carboxylic acids is 2. The fourth-order valence-electron chi connectivity index (χ4n) is 2.41. The van der Waals surface area contributed by atoms with Gasteiger partial charge in [-0.25, -0.2) is 0 Å². The van der Waals surface area contributed by atoms with Crippen LogP contribution >= 0.6 is 0 Å². The van der Waals surface area contributed by atoms with Gasteiger partial charge in [-0.15, -0.1) is 0 Å². The van der Waals surface area contributed by atoms with E-state index in [1.807, 2.05) is 0 Å². The number of fused-ring (bicyclic) bond motifs is 1. The first kappa shape index (κ1) is 17.4. The highest BCUT2D eigenvalue weighted by Gasteiger charge is 2.15. The third-order valence-corrected chi connectivity index (χ3v) is 3.64. The van der Waals surface area contributed by atoms with Gasteiger partial charge in [-0.2, -0.15) is 0 Å². The van der Waals surface area contributed by atoms with Crippen LogP contribution in [0, 0.1) is 0 Å². The van der Waals surface area contributed by atoms with E-state index in [9.17, 15) is 9.59 Å². The van der Waals surface area contributed by atoms with Crippen molar-refractivity contribution in [2.24, 2.45) is 5.73 Å². The Hall–Kier alpha value is -3.42. The minimum atomic E-state index is -0.658. The Kier molecular flexibility index (Phi) is 5.12. The van der Waals surface area contributed by atoms with Crippen molar-refractivity contribution in [1.29, 1.82) is 0 Å². The van der Waals surface area contributed by atoms with Crippen molar-refractivity contribution in [3.05, 3.63) is 42.0 Å². The molecule has 1 aliphatic rings. The molecule has 2 aromatic rings. The van der Waals surface area contributed by atoms with E-state index >= 15 is 0 Å². The summed E-state index contributed by atoms with van der Waals surface area (Å²) in [4.78, 5) is 23.6. The second-order valence-electron chi connectivity index (χ2n) is 5.42. The minimum Gasteiger partial charge on any atom is -0.497 e. The number of methoxy groups -OCH3 is 1. The van der Waals surface area contributed by atoms with Crippen LogP contribution in [0.5, 0.6) is 23.0 Å². The fourth-order valence-corrected chi connectivity index (χ4v) is 2.41. The van der Waals surface area contributed by atoms with E-state index in [1.54, 1.807) is 24.3 Å². The molecular weight excluding hydrogens is 340 g/mol. The first-order chi connectivity index (χ1) is 12.6. The zero-order valence-electron chi connectivity index (χ0n) is 14.1. The Labute approximate surface area is 149 Å². The molecule has 8 nitrogen and oxygen atoms in total. The number of primary amides is 1. The normalized spacial score (nSPS) is 12.2. The van der Waals surface area contributed by atoms with Crippen LogP contribution in [0.3, 0.4) is 0 Å². The molecule has 0 atom stereocenters.